The molecular weight excluding hydrogens is 532 g/mol. The molecule has 0 saturated carbocycles. The van der Waals surface area contributed by atoms with E-state index in [0.717, 1.165) is 46.7 Å². The van der Waals surface area contributed by atoms with Crippen LogP contribution in [0.4, 0.5) is 0 Å². The van der Waals surface area contributed by atoms with E-state index in [1.807, 2.05) is 73.7 Å². The Hall–Kier alpha value is -3.49. The van der Waals surface area contributed by atoms with E-state index in [2.05, 4.69) is 12.2 Å². The molecule has 0 bridgehead atoms. The summed E-state index contributed by atoms with van der Waals surface area (Å²) >= 11 is 8.34. The van der Waals surface area contributed by atoms with Crippen molar-refractivity contribution in [2.45, 2.75) is 45.9 Å². The average molecular weight is 563 g/mol. The molecule has 0 saturated heterocycles. The highest BCUT2D eigenvalue weighted by Gasteiger charge is 2.35. The van der Waals surface area contributed by atoms with Gasteiger partial charge in [0, 0.05) is 16.5 Å². The summed E-state index contributed by atoms with van der Waals surface area (Å²) in [5, 5.41) is 12.0. The van der Waals surface area contributed by atoms with Crippen molar-refractivity contribution in [3.63, 3.8) is 0 Å². The molecule has 1 N–H and O–H groups in total. The lowest BCUT2D eigenvalue weighted by Gasteiger charge is -2.34. The maximum absolute atomic E-state index is 13.4. The number of thioether (sulfide) groups is 1. The second kappa shape index (κ2) is 12.6. The number of benzene rings is 3. The maximum Gasteiger partial charge on any atom is 0.276 e. The lowest BCUT2D eigenvalue weighted by molar-refractivity contribution is -0.116. The quantitative estimate of drug-likeness (QED) is 0.336. The Bertz CT molecular complexity index is 1500. The van der Waals surface area contributed by atoms with E-state index in [4.69, 9.17) is 31.2 Å². The van der Waals surface area contributed by atoms with Crippen LogP contribution in [-0.4, -0.2) is 28.4 Å². The van der Waals surface area contributed by atoms with Crippen LogP contribution >= 0.6 is 23.4 Å². The number of carbonyl (C=O) groups excluding carboxylic acids is 1. The van der Waals surface area contributed by atoms with E-state index in [9.17, 15) is 4.79 Å². The smallest absolute Gasteiger partial charge is 0.276 e. The van der Waals surface area contributed by atoms with Crippen LogP contribution in [0.25, 0.3) is 5.70 Å². The fourth-order valence-corrected chi connectivity index (χ4v) is 5.63. The molecule has 0 aliphatic carbocycles. The molecule has 39 heavy (non-hydrogen) atoms. The number of nitrogens with zero attached hydrogens (tertiary/aromatic N) is 3. The van der Waals surface area contributed by atoms with Gasteiger partial charge in [0.05, 0.1) is 17.0 Å². The van der Waals surface area contributed by atoms with Gasteiger partial charge in [0.2, 0.25) is 0 Å². The monoisotopic (exact) mass is 562 g/mol. The molecule has 3 aromatic rings. The number of fused-ring (bicyclic) bond motifs is 2. The number of hydrogen-bond acceptors (Lipinski definition) is 7. The Morgan fingerprint density at radius 3 is 2.62 bits per heavy atom. The highest BCUT2D eigenvalue weighted by atomic mass is 35.5. The summed E-state index contributed by atoms with van der Waals surface area (Å²) in [5.74, 6) is 1.67. The number of amidine groups is 1. The third kappa shape index (κ3) is 6.07. The molecule has 2 aliphatic heterocycles. The van der Waals surface area contributed by atoms with Crippen LogP contribution in [0.5, 0.6) is 11.5 Å². The van der Waals surface area contributed by atoms with Crippen LogP contribution in [0.1, 0.15) is 50.4 Å². The first-order valence-corrected chi connectivity index (χ1v) is 14.6. The third-order valence-electron chi connectivity index (χ3n) is 6.36. The SMILES string of the molecule is CCCCCSC1=NN2C(=c3ccccc3=NC2c2cc(Cl)c(OCc3ccccc3)c(OCC)c2)C(=O)N1. The van der Waals surface area contributed by atoms with E-state index < -0.39 is 6.17 Å². The number of rotatable bonds is 10. The number of ether oxygens (including phenoxy) is 2. The summed E-state index contributed by atoms with van der Waals surface area (Å²) in [5.41, 5.74) is 2.23. The molecule has 0 radical (unpaired) electrons. The standard InChI is InChI=1S/C30H31ClN4O3S/c1-3-5-11-16-39-30-33-29(36)26-22-14-9-10-15-24(22)32-28(35(26)34-30)21-17-23(31)27(25(18-21)37-4-2)38-19-20-12-7-6-8-13-20/h6-10,12-15,17-18,28H,3-5,11,16,19H2,1-2H3,(H,33,34,36). The molecule has 5 rings (SSSR count). The maximum atomic E-state index is 13.4. The van der Waals surface area contributed by atoms with Crippen molar-refractivity contribution in [3.8, 4) is 11.5 Å². The summed E-state index contributed by atoms with van der Waals surface area (Å²) in [6.07, 6.45) is 2.72. The first-order chi connectivity index (χ1) is 19.1. The molecule has 9 heteroatoms. The summed E-state index contributed by atoms with van der Waals surface area (Å²) in [6.45, 7) is 4.87. The molecular formula is C30H31ClN4O3S. The van der Waals surface area contributed by atoms with Crippen molar-refractivity contribution in [2.24, 2.45) is 10.1 Å². The van der Waals surface area contributed by atoms with Gasteiger partial charge < -0.3 is 9.47 Å². The van der Waals surface area contributed by atoms with Gasteiger partial charge in [-0.05, 0) is 37.1 Å². The second-order valence-corrected chi connectivity index (χ2v) is 10.7. The molecule has 3 aromatic carbocycles. The van der Waals surface area contributed by atoms with Gasteiger partial charge in [0.15, 0.2) is 22.8 Å². The predicted molar refractivity (Wildman–Crippen MR) is 156 cm³/mol. The number of unbranched alkanes of at least 4 members (excludes halogenated alkanes) is 2. The average Bonchev–Trinajstić information content (AvgIpc) is 2.95. The zero-order chi connectivity index (χ0) is 27.2. The van der Waals surface area contributed by atoms with Gasteiger partial charge in [0.1, 0.15) is 12.3 Å². The van der Waals surface area contributed by atoms with E-state index in [-0.39, 0.29) is 5.91 Å². The minimum absolute atomic E-state index is 0.200. The summed E-state index contributed by atoms with van der Waals surface area (Å²) < 4.78 is 12.1. The lowest BCUT2D eigenvalue weighted by Crippen LogP contribution is -2.50. The zero-order valence-corrected chi connectivity index (χ0v) is 23.6. The second-order valence-electron chi connectivity index (χ2n) is 9.17. The van der Waals surface area contributed by atoms with Crippen molar-refractivity contribution in [1.29, 1.82) is 0 Å². The fraction of sp³-hybridized carbons (Fsp3) is 0.300. The Morgan fingerprint density at radius 2 is 1.82 bits per heavy atom. The highest BCUT2D eigenvalue weighted by Crippen LogP contribution is 2.41. The number of carbonyl (C=O) groups is 1. The summed E-state index contributed by atoms with van der Waals surface area (Å²) in [4.78, 5) is 18.4. The third-order valence-corrected chi connectivity index (χ3v) is 7.59. The molecule has 1 atom stereocenters. The van der Waals surface area contributed by atoms with Crippen LogP contribution < -0.4 is 25.4 Å². The molecule has 1 amide bonds. The van der Waals surface area contributed by atoms with Crippen molar-refractivity contribution in [2.75, 3.05) is 12.4 Å². The number of hydrogen-bond donors (Lipinski definition) is 1. The number of halogens is 1. The van der Waals surface area contributed by atoms with Crippen LogP contribution in [0, 0.1) is 0 Å². The van der Waals surface area contributed by atoms with Crippen molar-refractivity contribution < 1.29 is 14.3 Å². The number of hydrazone groups is 1. The molecule has 1 unspecified atom stereocenters. The van der Waals surface area contributed by atoms with Crippen molar-refractivity contribution in [3.05, 3.63) is 93.5 Å². The lowest BCUT2D eigenvalue weighted by atomic mass is 10.1. The van der Waals surface area contributed by atoms with E-state index in [0.29, 0.717) is 40.6 Å². The van der Waals surface area contributed by atoms with Crippen LogP contribution in [0.2, 0.25) is 5.02 Å². The zero-order valence-electron chi connectivity index (χ0n) is 22.0. The Morgan fingerprint density at radius 1 is 1.03 bits per heavy atom. The largest absolute Gasteiger partial charge is 0.490 e. The fourth-order valence-electron chi connectivity index (χ4n) is 4.50. The van der Waals surface area contributed by atoms with Gasteiger partial charge in [-0.25, -0.2) is 5.01 Å². The summed E-state index contributed by atoms with van der Waals surface area (Å²) in [7, 11) is 0. The molecule has 2 heterocycles. The molecule has 202 valence electrons. The molecule has 0 fully saturated rings. The van der Waals surface area contributed by atoms with Gasteiger partial charge in [0.25, 0.3) is 5.91 Å². The van der Waals surface area contributed by atoms with Gasteiger partial charge in [-0.1, -0.05) is 91.7 Å². The molecule has 7 nitrogen and oxygen atoms in total. The Labute approximate surface area is 237 Å². The topological polar surface area (TPSA) is 75.5 Å². The number of para-hydroxylation sites is 1. The molecule has 2 aliphatic rings. The Balaban J connectivity index is 1.53. The first kappa shape index (κ1) is 27.1. The summed E-state index contributed by atoms with van der Waals surface area (Å²) in [6, 6.07) is 21.2. The minimum atomic E-state index is -0.605. The number of amides is 1. The van der Waals surface area contributed by atoms with Gasteiger partial charge in [-0.2, -0.15) is 0 Å². The minimum Gasteiger partial charge on any atom is -0.490 e. The van der Waals surface area contributed by atoms with E-state index in [1.54, 1.807) is 16.8 Å². The Kier molecular flexibility index (Phi) is 8.74. The normalized spacial score (nSPS) is 16.0. The van der Waals surface area contributed by atoms with E-state index >= 15 is 0 Å². The number of nitrogens with one attached hydrogen (secondary N) is 1. The van der Waals surface area contributed by atoms with Crippen LogP contribution in [0.3, 0.4) is 0 Å². The molecule has 0 aromatic heterocycles. The van der Waals surface area contributed by atoms with Gasteiger partial charge in [-0.15, -0.1) is 5.10 Å². The first-order valence-electron chi connectivity index (χ1n) is 13.2. The van der Waals surface area contributed by atoms with Crippen molar-refractivity contribution in [1.82, 2.24) is 10.3 Å². The van der Waals surface area contributed by atoms with Crippen molar-refractivity contribution >= 4 is 40.1 Å². The van der Waals surface area contributed by atoms with Gasteiger partial charge >= 0.3 is 0 Å². The molecule has 0 spiro atoms. The van der Waals surface area contributed by atoms with Gasteiger partial charge in [-0.3, -0.25) is 15.1 Å². The predicted octanol–water partition coefficient (Wildman–Crippen LogP) is 5.38. The van der Waals surface area contributed by atoms with Crippen LogP contribution in [-0.2, 0) is 11.4 Å². The van der Waals surface area contributed by atoms with Crippen LogP contribution in [0.15, 0.2) is 76.8 Å². The highest BCUT2D eigenvalue weighted by molar-refractivity contribution is 8.13. The van der Waals surface area contributed by atoms with E-state index in [1.165, 1.54) is 0 Å².